The van der Waals surface area contributed by atoms with Crippen molar-refractivity contribution < 1.29 is 13.9 Å². The van der Waals surface area contributed by atoms with Gasteiger partial charge in [0.05, 0.1) is 12.5 Å². The second kappa shape index (κ2) is 8.93. The molecule has 0 aromatic heterocycles. The van der Waals surface area contributed by atoms with E-state index in [0.717, 1.165) is 5.56 Å². The van der Waals surface area contributed by atoms with Crippen molar-refractivity contribution in [1.29, 1.82) is 5.26 Å². The Hall–Kier alpha value is -2.13. The molecule has 5 nitrogen and oxygen atoms in total. The molecule has 1 amide bonds. The lowest BCUT2D eigenvalue weighted by Gasteiger charge is -2.10. The van der Waals surface area contributed by atoms with Crippen LogP contribution in [0.5, 0.6) is 5.75 Å². The highest BCUT2D eigenvalue weighted by Gasteiger charge is 2.08. The topological polar surface area (TPSA) is 74.2 Å². The maximum absolute atomic E-state index is 13.8. The standard InChI is InChI=1S/C15H20FN3O2/c1-11(2)19-9-12-4-5-14(13(16)8-12)21-10-15(20)18-7-3-6-17/h4-5,8,11,19H,3,7,9-10H2,1-2H3,(H,18,20). The number of nitriles is 1. The van der Waals surface area contributed by atoms with E-state index in [-0.39, 0.29) is 31.2 Å². The van der Waals surface area contributed by atoms with Gasteiger partial charge in [-0.3, -0.25) is 4.79 Å². The van der Waals surface area contributed by atoms with Gasteiger partial charge < -0.3 is 15.4 Å². The van der Waals surface area contributed by atoms with Crippen LogP contribution < -0.4 is 15.4 Å². The van der Waals surface area contributed by atoms with E-state index in [0.29, 0.717) is 12.6 Å². The highest BCUT2D eigenvalue weighted by molar-refractivity contribution is 5.77. The Morgan fingerprint density at radius 3 is 2.86 bits per heavy atom. The zero-order valence-electron chi connectivity index (χ0n) is 12.3. The van der Waals surface area contributed by atoms with Gasteiger partial charge in [0.2, 0.25) is 0 Å². The van der Waals surface area contributed by atoms with E-state index >= 15 is 0 Å². The lowest BCUT2D eigenvalue weighted by Crippen LogP contribution is -2.29. The van der Waals surface area contributed by atoms with Gasteiger partial charge in [0.25, 0.3) is 5.91 Å². The molecule has 0 bridgehead atoms. The van der Waals surface area contributed by atoms with Gasteiger partial charge >= 0.3 is 0 Å². The Kier molecular flexibility index (Phi) is 7.19. The average Bonchev–Trinajstić information content (AvgIpc) is 2.44. The summed E-state index contributed by atoms with van der Waals surface area (Å²) >= 11 is 0. The Bertz CT molecular complexity index is 512. The van der Waals surface area contributed by atoms with Crippen molar-refractivity contribution in [2.75, 3.05) is 13.2 Å². The molecule has 0 fully saturated rings. The fourth-order valence-corrected chi connectivity index (χ4v) is 1.55. The van der Waals surface area contributed by atoms with E-state index in [9.17, 15) is 9.18 Å². The van der Waals surface area contributed by atoms with Crippen molar-refractivity contribution in [1.82, 2.24) is 10.6 Å². The maximum atomic E-state index is 13.8. The van der Waals surface area contributed by atoms with E-state index in [2.05, 4.69) is 10.6 Å². The Morgan fingerprint density at radius 1 is 1.48 bits per heavy atom. The van der Waals surface area contributed by atoms with Crippen LogP contribution in [0.4, 0.5) is 4.39 Å². The fraction of sp³-hybridized carbons (Fsp3) is 0.467. The van der Waals surface area contributed by atoms with Crippen LogP contribution >= 0.6 is 0 Å². The van der Waals surface area contributed by atoms with Crippen LogP contribution in [0, 0.1) is 17.1 Å². The predicted molar refractivity (Wildman–Crippen MR) is 77.1 cm³/mol. The SMILES string of the molecule is CC(C)NCc1ccc(OCC(=O)NCCC#N)c(F)c1. The first-order chi connectivity index (χ1) is 10.0. The molecule has 0 atom stereocenters. The van der Waals surface area contributed by atoms with Crippen molar-refractivity contribution in [3.8, 4) is 11.8 Å². The summed E-state index contributed by atoms with van der Waals surface area (Å²) in [7, 11) is 0. The van der Waals surface area contributed by atoms with E-state index in [1.165, 1.54) is 12.1 Å². The molecule has 2 N–H and O–H groups in total. The number of ether oxygens (including phenoxy) is 1. The highest BCUT2D eigenvalue weighted by atomic mass is 19.1. The lowest BCUT2D eigenvalue weighted by molar-refractivity contribution is -0.123. The van der Waals surface area contributed by atoms with Crippen molar-refractivity contribution in [3.63, 3.8) is 0 Å². The number of nitrogens with one attached hydrogen (secondary N) is 2. The van der Waals surface area contributed by atoms with Crippen LogP contribution in [0.3, 0.4) is 0 Å². The largest absolute Gasteiger partial charge is 0.481 e. The second-order valence-corrected chi connectivity index (χ2v) is 4.85. The molecule has 114 valence electrons. The third-order valence-electron chi connectivity index (χ3n) is 2.63. The van der Waals surface area contributed by atoms with Crippen molar-refractivity contribution in [2.24, 2.45) is 0 Å². The maximum Gasteiger partial charge on any atom is 0.257 e. The van der Waals surface area contributed by atoms with Gasteiger partial charge in [-0.05, 0) is 17.7 Å². The summed E-state index contributed by atoms with van der Waals surface area (Å²) in [4.78, 5) is 11.4. The molecule has 21 heavy (non-hydrogen) atoms. The molecule has 1 aromatic rings. The minimum Gasteiger partial charge on any atom is -0.481 e. The molecule has 0 saturated carbocycles. The Balaban J connectivity index is 2.45. The van der Waals surface area contributed by atoms with Crippen LogP contribution in [0.25, 0.3) is 0 Å². The molecule has 1 aromatic carbocycles. The molecule has 0 saturated heterocycles. The summed E-state index contributed by atoms with van der Waals surface area (Å²) in [5.41, 5.74) is 0.812. The number of halogens is 1. The first kappa shape index (κ1) is 16.9. The average molecular weight is 293 g/mol. The van der Waals surface area contributed by atoms with Crippen LogP contribution in [0.15, 0.2) is 18.2 Å². The Morgan fingerprint density at radius 2 is 2.24 bits per heavy atom. The van der Waals surface area contributed by atoms with E-state index in [1.54, 1.807) is 6.07 Å². The lowest BCUT2D eigenvalue weighted by atomic mass is 10.2. The van der Waals surface area contributed by atoms with E-state index in [1.807, 2.05) is 19.9 Å². The molecule has 0 radical (unpaired) electrons. The Labute approximate surface area is 124 Å². The number of hydrogen-bond acceptors (Lipinski definition) is 4. The molecule has 0 aliphatic carbocycles. The molecule has 6 heteroatoms. The summed E-state index contributed by atoms with van der Waals surface area (Å²) in [6, 6.07) is 6.88. The van der Waals surface area contributed by atoms with Crippen LogP contribution in [-0.4, -0.2) is 25.1 Å². The number of rotatable bonds is 8. The number of carbonyl (C=O) groups is 1. The minimum atomic E-state index is -0.497. The van der Waals surface area contributed by atoms with Gasteiger partial charge in [-0.1, -0.05) is 19.9 Å². The predicted octanol–water partition coefficient (Wildman–Crippen LogP) is 1.73. The van der Waals surface area contributed by atoms with Crippen molar-refractivity contribution >= 4 is 5.91 Å². The highest BCUT2D eigenvalue weighted by Crippen LogP contribution is 2.18. The van der Waals surface area contributed by atoms with Gasteiger partial charge in [0.1, 0.15) is 0 Å². The van der Waals surface area contributed by atoms with Crippen molar-refractivity contribution in [2.45, 2.75) is 32.9 Å². The van der Waals surface area contributed by atoms with Crippen molar-refractivity contribution in [3.05, 3.63) is 29.6 Å². The third kappa shape index (κ3) is 6.72. The number of carbonyl (C=O) groups excluding carboxylic acids is 1. The van der Waals surface area contributed by atoms with E-state index in [4.69, 9.17) is 10.00 Å². The van der Waals surface area contributed by atoms with Gasteiger partial charge in [0.15, 0.2) is 18.2 Å². The van der Waals surface area contributed by atoms with Crippen LogP contribution in [0.1, 0.15) is 25.8 Å². The van der Waals surface area contributed by atoms with Gasteiger partial charge in [-0.25, -0.2) is 4.39 Å². The fourth-order valence-electron chi connectivity index (χ4n) is 1.55. The third-order valence-corrected chi connectivity index (χ3v) is 2.63. The summed E-state index contributed by atoms with van der Waals surface area (Å²) in [6.45, 7) is 4.59. The van der Waals surface area contributed by atoms with E-state index < -0.39 is 5.82 Å². The van der Waals surface area contributed by atoms with Crippen LogP contribution in [0.2, 0.25) is 0 Å². The smallest absolute Gasteiger partial charge is 0.257 e. The van der Waals surface area contributed by atoms with Crippen LogP contribution in [-0.2, 0) is 11.3 Å². The first-order valence-electron chi connectivity index (χ1n) is 6.81. The monoisotopic (exact) mass is 293 g/mol. The van der Waals surface area contributed by atoms with Gasteiger partial charge in [-0.15, -0.1) is 0 Å². The number of amides is 1. The molecular formula is C15H20FN3O2. The second-order valence-electron chi connectivity index (χ2n) is 4.85. The number of benzene rings is 1. The molecule has 0 spiro atoms. The summed E-state index contributed by atoms with van der Waals surface area (Å²) in [6.07, 6.45) is 0.234. The van der Waals surface area contributed by atoms with Gasteiger partial charge in [-0.2, -0.15) is 5.26 Å². The molecule has 0 aliphatic heterocycles. The molecule has 0 unspecified atom stereocenters. The first-order valence-corrected chi connectivity index (χ1v) is 6.81. The zero-order valence-corrected chi connectivity index (χ0v) is 12.3. The molecule has 0 aliphatic rings. The van der Waals surface area contributed by atoms with Gasteiger partial charge in [0, 0.05) is 19.1 Å². The molecule has 1 rings (SSSR count). The molecule has 0 heterocycles. The summed E-state index contributed by atoms with van der Waals surface area (Å²) < 4.78 is 18.9. The summed E-state index contributed by atoms with van der Waals surface area (Å²) in [5.74, 6) is -0.836. The number of nitrogens with zero attached hydrogens (tertiary/aromatic N) is 1. The minimum absolute atomic E-state index is 0.0405. The molecular weight excluding hydrogens is 273 g/mol. The number of hydrogen-bond donors (Lipinski definition) is 2. The summed E-state index contributed by atoms with van der Waals surface area (Å²) in [5, 5.41) is 14.0. The zero-order chi connectivity index (χ0) is 15.7. The quantitative estimate of drug-likeness (QED) is 0.716. The normalized spacial score (nSPS) is 10.2.